The van der Waals surface area contributed by atoms with Crippen molar-refractivity contribution in [2.24, 2.45) is 12.1 Å². The van der Waals surface area contributed by atoms with Gasteiger partial charge in [-0.3, -0.25) is 19.7 Å². The number of hydrazone groups is 1. The molecule has 0 aliphatic heterocycles. The number of rotatable bonds is 9. The summed E-state index contributed by atoms with van der Waals surface area (Å²) < 4.78 is 7.39. The van der Waals surface area contributed by atoms with E-state index in [1.807, 2.05) is 12.1 Å². The van der Waals surface area contributed by atoms with Gasteiger partial charge in [0.2, 0.25) is 0 Å². The maximum absolute atomic E-state index is 12.5. The highest BCUT2D eigenvalue weighted by atomic mass is 32.1. The van der Waals surface area contributed by atoms with E-state index in [4.69, 9.17) is 15.9 Å². The molecule has 0 saturated carbocycles. The summed E-state index contributed by atoms with van der Waals surface area (Å²) in [5.74, 6) is -1.24. The molecule has 0 bridgehead atoms. The van der Waals surface area contributed by atoms with Crippen LogP contribution in [0, 0.1) is 5.41 Å². The number of thiazole rings is 1. The van der Waals surface area contributed by atoms with Gasteiger partial charge in [0, 0.05) is 43.3 Å². The van der Waals surface area contributed by atoms with Crippen LogP contribution in [0.4, 0.5) is 5.69 Å². The lowest BCUT2D eigenvalue weighted by molar-refractivity contribution is -0.141. The SMILES string of the molecule is COC(=O)C(c1ccn[nH]1)c1nc2c(s1)c(/C=N\N(C)Cc1cccc(N)c1C=N)c(C=O)n2C. The molecule has 11 nitrogen and oxygen atoms in total. The van der Waals surface area contributed by atoms with Gasteiger partial charge in [-0.1, -0.05) is 12.1 Å². The minimum absolute atomic E-state index is 0.414. The monoisotopic (exact) mass is 492 g/mol. The summed E-state index contributed by atoms with van der Waals surface area (Å²) in [7, 11) is 4.85. The molecular formula is C23H24N8O3S. The Morgan fingerprint density at radius 2 is 2.20 bits per heavy atom. The van der Waals surface area contributed by atoms with Gasteiger partial charge in [-0.25, -0.2) is 4.98 Å². The zero-order chi connectivity index (χ0) is 25.1. The maximum atomic E-state index is 12.5. The number of fused-ring (bicyclic) bond motifs is 1. The van der Waals surface area contributed by atoms with Crippen molar-refractivity contribution in [2.45, 2.75) is 12.5 Å². The van der Waals surface area contributed by atoms with Crippen molar-refractivity contribution in [1.29, 1.82) is 5.41 Å². The van der Waals surface area contributed by atoms with Gasteiger partial charge in [0.25, 0.3) is 0 Å². The normalized spacial score (nSPS) is 12.2. The van der Waals surface area contributed by atoms with E-state index in [1.54, 1.807) is 48.2 Å². The van der Waals surface area contributed by atoms with E-state index in [9.17, 15) is 9.59 Å². The molecule has 0 amide bonds. The first-order valence-electron chi connectivity index (χ1n) is 10.5. The lowest BCUT2D eigenvalue weighted by atomic mass is 10.1. The highest BCUT2D eigenvalue weighted by Gasteiger charge is 2.30. The lowest BCUT2D eigenvalue weighted by Gasteiger charge is -2.15. The predicted molar refractivity (Wildman–Crippen MR) is 134 cm³/mol. The molecule has 4 N–H and O–H groups in total. The zero-order valence-corrected chi connectivity index (χ0v) is 20.2. The molecule has 1 unspecified atom stereocenters. The van der Waals surface area contributed by atoms with E-state index in [0.717, 1.165) is 16.5 Å². The molecule has 0 spiro atoms. The van der Waals surface area contributed by atoms with Gasteiger partial charge >= 0.3 is 5.97 Å². The number of aldehydes is 1. The summed E-state index contributed by atoms with van der Waals surface area (Å²) in [5, 5.41) is 21.1. The summed E-state index contributed by atoms with van der Waals surface area (Å²) in [6.45, 7) is 0.414. The molecule has 35 heavy (non-hydrogen) atoms. The number of aryl methyl sites for hydroxylation is 1. The fourth-order valence-electron chi connectivity index (χ4n) is 3.83. The number of nitrogens with zero attached hydrogens (tertiary/aromatic N) is 5. The Morgan fingerprint density at radius 3 is 2.86 bits per heavy atom. The number of hydrogen-bond donors (Lipinski definition) is 3. The number of esters is 1. The van der Waals surface area contributed by atoms with Gasteiger partial charge in [-0.15, -0.1) is 11.3 Å². The smallest absolute Gasteiger partial charge is 0.321 e. The van der Waals surface area contributed by atoms with Crippen molar-refractivity contribution in [1.82, 2.24) is 24.8 Å². The number of aromatic amines is 1. The van der Waals surface area contributed by atoms with Crippen molar-refractivity contribution in [2.75, 3.05) is 19.9 Å². The molecule has 0 aliphatic rings. The van der Waals surface area contributed by atoms with E-state index >= 15 is 0 Å². The number of nitrogen functional groups attached to an aromatic ring is 1. The van der Waals surface area contributed by atoms with Crippen molar-refractivity contribution in [3.8, 4) is 0 Å². The number of carbonyl (C=O) groups is 2. The van der Waals surface area contributed by atoms with Crippen LogP contribution in [0.15, 0.2) is 35.6 Å². The number of anilines is 1. The number of H-pyrrole nitrogens is 1. The van der Waals surface area contributed by atoms with Crippen LogP contribution in [0.2, 0.25) is 0 Å². The average molecular weight is 493 g/mol. The summed E-state index contributed by atoms with van der Waals surface area (Å²) >= 11 is 1.29. The number of benzene rings is 1. The van der Waals surface area contributed by atoms with Gasteiger partial charge in [0.1, 0.15) is 5.01 Å². The molecular weight excluding hydrogens is 468 g/mol. The number of methoxy groups -OCH3 is 1. The van der Waals surface area contributed by atoms with Gasteiger partial charge in [0.05, 0.1) is 36.0 Å². The third-order valence-corrected chi connectivity index (χ3v) is 6.75. The predicted octanol–water partition coefficient (Wildman–Crippen LogP) is 2.52. The number of carbonyl (C=O) groups excluding carboxylic acids is 2. The Kier molecular flexibility index (Phi) is 6.73. The van der Waals surface area contributed by atoms with Crippen molar-refractivity contribution < 1.29 is 14.3 Å². The second-order valence-corrected chi connectivity index (χ2v) is 8.80. The number of aromatic nitrogens is 4. The van der Waals surface area contributed by atoms with Crippen LogP contribution in [-0.4, -0.2) is 63.6 Å². The van der Waals surface area contributed by atoms with Crippen molar-refractivity contribution in [3.63, 3.8) is 0 Å². The fraction of sp³-hybridized carbons (Fsp3) is 0.217. The highest BCUT2D eigenvalue weighted by molar-refractivity contribution is 7.19. The third kappa shape index (κ3) is 4.43. The number of nitrogens with two attached hydrogens (primary N) is 1. The van der Waals surface area contributed by atoms with Crippen LogP contribution in [-0.2, 0) is 23.1 Å². The largest absolute Gasteiger partial charge is 0.468 e. The molecule has 3 heterocycles. The van der Waals surface area contributed by atoms with Crippen LogP contribution >= 0.6 is 11.3 Å². The Labute approximate surface area is 204 Å². The molecule has 0 radical (unpaired) electrons. The van der Waals surface area contributed by atoms with Crippen molar-refractivity contribution >= 4 is 52.1 Å². The van der Waals surface area contributed by atoms with E-state index in [-0.39, 0.29) is 0 Å². The van der Waals surface area contributed by atoms with E-state index in [1.165, 1.54) is 24.7 Å². The second kappa shape index (κ2) is 9.89. The average Bonchev–Trinajstić information content (AvgIpc) is 3.57. The Balaban J connectivity index is 1.71. The quantitative estimate of drug-likeness (QED) is 0.107. The minimum atomic E-state index is -0.768. The van der Waals surface area contributed by atoms with Crippen LogP contribution in [0.25, 0.3) is 10.3 Å². The Hall–Kier alpha value is -4.32. The van der Waals surface area contributed by atoms with Gasteiger partial charge < -0.3 is 20.4 Å². The van der Waals surface area contributed by atoms with Crippen LogP contribution < -0.4 is 5.73 Å². The number of hydrogen-bond acceptors (Lipinski definition) is 10. The van der Waals surface area contributed by atoms with Crippen LogP contribution in [0.1, 0.15) is 43.8 Å². The van der Waals surface area contributed by atoms with E-state index in [0.29, 0.717) is 45.4 Å². The Morgan fingerprint density at radius 1 is 1.40 bits per heavy atom. The first kappa shape index (κ1) is 23.8. The molecule has 0 fully saturated rings. The molecule has 3 aromatic heterocycles. The summed E-state index contributed by atoms with van der Waals surface area (Å²) in [6, 6.07) is 7.16. The lowest BCUT2D eigenvalue weighted by Crippen LogP contribution is -2.16. The number of ether oxygens (including phenoxy) is 1. The summed E-state index contributed by atoms with van der Waals surface area (Å²) in [5.41, 5.74) is 10.1. The molecule has 1 aromatic carbocycles. The summed E-state index contributed by atoms with van der Waals surface area (Å²) in [6.07, 6.45) is 5.14. The maximum Gasteiger partial charge on any atom is 0.321 e. The van der Waals surface area contributed by atoms with Crippen LogP contribution in [0.5, 0.6) is 0 Å². The second-order valence-electron chi connectivity index (χ2n) is 7.77. The van der Waals surface area contributed by atoms with Gasteiger partial charge in [-0.2, -0.15) is 10.2 Å². The molecule has 4 rings (SSSR count). The zero-order valence-electron chi connectivity index (χ0n) is 19.3. The van der Waals surface area contributed by atoms with Gasteiger partial charge in [0.15, 0.2) is 17.9 Å². The first-order valence-corrected chi connectivity index (χ1v) is 11.4. The van der Waals surface area contributed by atoms with Crippen LogP contribution in [0.3, 0.4) is 0 Å². The van der Waals surface area contributed by atoms with E-state index in [2.05, 4.69) is 20.3 Å². The molecule has 12 heteroatoms. The molecule has 4 aromatic rings. The number of nitrogens with one attached hydrogen (secondary N) is 2. The standard InChI is InChI=1S/C23H24N8O3S/c1-30(11-13-5-4-6-16(25)14(13)9-24)27-10-15-18(12-32)31(2)21-20(15)35-22(28-21)19(23(33)34-3)17-7-8-26-29-17/h4-10,12,19,24H,11,25H2,1-3H3,(H,26,29)/b24-9?,27-10-. The third-order valence-electron chi connectivity index (χ3n) is 5.61. The summed E-state index contributed by atoms with van der Waals surface area (Å²) in [4.78, 5) is 29.1. The Bertz CT molecular complexity index is 1420. The van der Waals surface area contributed by atoms with Crippen molar-refractivity contribution in [3.05, 3.63) is 63.5 Å². The fourth-order valence-corrected chi connectivity index (χ4v) is 5.05. The minimum Gasteiger partial charge on any atom is -0.468 e. The molecule has 180 valence electrons. The molecule has 0 aliphatic carbocycles. The van der Waals surface area contributed by atoms with E-state index < -0.39 is 11.9 Å². The molecule has 1 atom stereocenters. The topological polar surface area (TPSA) is 155 Å². The highest BCUT2D eigenvalue weighted by Crippen LogP contribution is 2.35. The first-order chi connectivity index (χ1) is 16.9. The molecule has 0 saturated heterocycles. The van der Waals surface area contributed by atoms with Gasteiger partial charge in [-0.05, 0) is 17.7 Å².